The molecular formula is C40H56O9. The molecule has 9 heteroatoms. The van der Waals surface area contributed by atoms with Crippen LogP contribution in [0.3, 0.4) is 0 Å². The third-order valence-corrected chi connectivity index (χ3v) is 15.1. The first kappa shape index (κ1) is 33.3. The summed E-state index contributed by atoms with van der Waals surface area (Å²) in [7, 11) is 0. The second-order valence-electron chi connectivity index (χ2n) is 17.7. The van der Waals surface area contributed by atoms with Crippen molar-refractivity contribution in [2.75, 3.05) is 0 Å². The van der Waals surface area contributed by atoms with E-state index in [1.54, 1.807) is 0 Å². The van der Waals surface area contributed by atoms with Crippen LogP contribution >= 0.6 is 0 Å². The van der Waals surface area contributed by atoms with Crippen LogP contribution in [-0.4, -0.2) is 46.9 Å². The molecule has 10 aliphatic rings. The van der Waals surface area contributed by atoms with E-state index in [2.05, 4.69) is 51.1 Å². The number of carbonyl (C=O) groups excluding carboxylic acids is 1. The van der Waals surface area contributed by atoms with Crippen LogP contribution in [0.15, 0.2) is 30.3 Å². The molecule has 4 bridgehead atoms. The first-order chi connectivity index (χ1) is 23.5. The lowest BCUT2D eigenvalue weighted by atomic mass is 9.52. The highest BCUT2D eigenvalue weighted by Gasteiger charge is 2.74. The van der Waals surface area contributed by atoms with Gasteiger partial charge in [0.15, 0.2) is 17.5 Å². The molecule has 10 fully saturated rings. The minimum Gasteiger partial charge on any atom is -0.432 e. The van der Waals surface area contributed by atoms with Crippen LogP contribution in [0.2, 0.25) is 0 Å². The fraction of sp³-hybridized carbons (Fsp3) is 0.825. The van der Waals surface area contributed by atoms with Crippen LogP contribution < -0.4 is 0 Å². The van der Waals surface area contributed by atoms with Crippen LogP contribution in [0.1, 0.15) is 117 Å². The van der Waals surface area contributed by atoms with Gasteiger partial charge in [-0.3, -0.25) is 4.79 Å². The molecule has 0 amide bonds. The summed E-state index contributed by atoms with van der Waals surface area (Å²) in [6.45, 7) is 10.9. The topological polar surface area (TPSA) is 90.9 Å². The maximum Gasteiger partial charge on any atom is 0.311 e. The summed E-state index contributed by atoms with van der Waals surface area (Å²) in [5.41, 5.74) is -0.775. The molecule has 1 aromatic rings. The molecule has 8 saturated heterocycles. The minimum atomic E-state index is -0.914. The molecule has 2 saturated carbocycles. The Kier molecular flexibility index (Phi) is 7.95. The summed E-state index contributed by atoms with van der Waals surface area (Å²) >= 11 is 0. The number of unbranched alkanes of at least 4 members (excludes halogenated alkanes) is 1. The molecule has 8 aliphatic heterocycles. The molecule has 0 radical (unpaired) electrons. The molecular weight excluding hydrogens is 624 g/mol. The minimum absolute atomic E-state index is 0.0989. The highest BCUT2D eigenvalue weighted by atomic mass is 17.3. The summed E-state index contributed by atoms with van der Waals surface area (Å²) in [6, 6.07) is 10.7. The van der Waals surface area contributed by atoms with Gasteiger partial charge in [-0.15, -0.1) is 0 Å². The number of hydrogen-bond donors (Lipinski definition) is 0. The van der Waals surface area contributed by atoms with Crippen LogP contribution in [0.4, 0.5) is 0 Å². The first-order valence-electron chi connectivity index (χ1n) is 19.5. The van der Waals surface area contributed by atoms with Crippen molar-refractivity contribution in [1.82, 2.24) is 0 Å². The second kappa shape index (κ2) is 11.7. The monoisotopic (exact) mass is 680 g/mol. The third kappa shape index (κ3) is 4.92. The Bertz CT molecular complexity index is 1420. The zero-order valence-corrected chi connectivity index (χ0v) is 30.0. The number of esters is 1. The molecule has 49 heavy (non-hydrogen) atoms. The van der Waals surface area contributed by atoms with E-state index < -0.39 is 46.9 Å². The predicted octanol–water partition coefficient (Wildman–Crippen LogP) is 7.80. The van der Waals surface area contributed by atoms with Crippen LogP contribution in [0.25, 0.3) is 0 Å². The van der Waals surface area contributed by atoms with Gasteiger partial charge in [-0.2, -0.15) is 0 Å². The number of hydrogen-bond acceptors (Lipinski definition) is 9. The normalized spacial score (nSPS) is 52.8. The van der Waals surface area contributed by atoms with Crippen molar-refractivity contribution >= 4 is 5.97 Å². The number of fused-ring (bicyclic) bond motifs is 4. The van der Waals surface area contributed by atoms with Crippen LogP contribution in [0, 0.1) is 47.3 Å². The van der Waals surface area contributed by atoms with E-state index in [1.165, 1.54) is 5.56 Å². The summed E-state index contributed by atoms with van der Waals surface area (Å²) in [5, 5.41) is 0. The molecule has 15 atom stereocenters. The van der Waals surface area contributed by atoms with Gasteiger partial charge in [0.2, 0.25) is 17.9 Å². The lowest BCUT2D eigenvalue weighted by Gasteiger charge is -2.65. The lowest BCUT2D eigenvalue weighted by Crippen LogP contribution is -2.74. The Balaban J connectivity index is 1.08. The summed E-state index contributed by atoms with van der Waals surface area (Å²) < 4.78 is 27.2. The fourth-order valence-corrected chi connectivity index (χ4v) is 12.3. The number of rotatable bonds is 7. The smallest absolute Gasteiger partial charge is 0.311 e. The van der Waals surface area contributed by atoms with E-state index in [-0.39, 0.29) is 35.6 Å². The molecule has 0 unspecified atom stereocenters. The van der Waals surface area contributed by atoms with E-state index in [0.29, 0.717) is 24.7 Å². The lowest BCUT2D eigenvalue weighted by molar-refractivity contribution is -0.578. The van der Waals surface area contributed by atoms with Gasteiger partial charge in [0.05, 0.1) is 11.5 Å². The number of benzene rings is 1. The molecule has 8 heterocycles. The van der Waals surface area contributed by atoms with Gasteiger partial charge in [-0.1, -0.05) is 57.5 Å². The molecule has 270 valence electrons. The van der Waals surface area contributed by atoms with Crippen LogP contribution in [-0.2, 0) is 49.7 Å². The second-order valence-corrected chi connectivity index (χ2v) is 17.7. The largest absolute Gasteiger partial charge is 0.432 e. The van der Waals surface area contributed by atoms with E-state index >= 15 is 0 Å². The summed E-state index contributed by atoms with van der Waals surface area (Å²) in [5.74, 6) is -0.863. The molecule has 0 aromatic heterocycles. The van der Waals surface area contributed by atoms with Crippen molar-refractivity contribution in [3.63, 3.8) is 0 Å². The van der Waals surface area contributed by atoms with E-state index in [9.17, 15) is 4.79 Å². The molecule has 2 spiro atoms. The maximum absolute atomic E-state index is 14.4. The predicted molar refractivity (Wildman–Crippen MR) is 177 cm³/mol. The summed E-state index contributed by atoms with van der Waals surface area (Å²) in [6.07, 6.45) is 10.5. The highest BCUT2D eigenvalue weighted by Crippen LogP contribution is 2.66. The zero-order valence-electron chi connectivity index (χ0n) is 30.0. The SMILES string of the molecule is C[C@@H]1CC[C@H]2[C@H](C[C@]3(CCCCc4ccccc4)O[C@H]4O[C@@]5(C)CC[C@H]6[C@H](C)CC[C@@H]([C@H]3C)[C@@]46OO5)C(=O)O[C@H]3O[C@@]4(C)CC[C@@H]1[C@]32OO4. The van der Waals surface area contributed by atoms with Crippen LogP contribution in [0.5, 0.6) is 0 Å². The Morgan fingerprint density at radius 1 is 0.673 bits per heavy atom. The quantitative estimate of drug-likeness (QED) is 0.163. The van der Waals surface area contributed by atoms with Crippen molar-refractivity contribution in [3.05, 3.63) is 35.9 Å². The van der Waals surface area contributed by atoms with E-state index in [0.717, 1.165) is 70.6 Å². The third-order valence-electron chi connectivity index (χ3n) is 15.1. The number of aryl methyl sites for hydroxylation is 1. The number of carbonyl (C=O) groups is 1. The van der Waals surface area contributed by atoms with Crippen molar-refractivity contribution in [2.24, 2.45) is 47.3 Å². The Labute approximate surface area is 291 Å². The van der Waals surface area contributed by atoms with E-state index in [1.807, 2.05) is 13.8 Å². The van der Waals surface area contributed by atoms with Gasteiger partial charge in [0, 0.05) is 30.6 Å². The van der Waals surface area contributed by atoms with Gasteiger partial charge in [0.25, 0.3) is 0 Å². The van der Waals surface area contributed by atoms with Crippen molar-refractivity contribution in [2.45, 2.75) is 159 Å². The van der Waals surface area contributed by atoms with Gasteiger partial charge in [-0.05, 0) is 107 Å². The maximum atomic E-state index is 14.4. The summed E-state index contributed by atoms with van der Waals surface area (Å²) in [4.78, 5) is 39.7. The average molecular weight is 681 g/mol. The molecule has 0 N–H and O–H groups in total. The van der Waals surface area contributed by atoms with Gasteiger partial charge in [-0.25, -0.2) is 19.6 Å². The van der Waals surface area contributed by atoms with E-state index in [4.69, 9.17) is 38.5 Å². The molecule has 2 aliphatic carbocycles. The van der Waals surface area contributed by atoms with Gasteiger partial charge < -0.3 is 18.9 Å². The van der Waals surface area contributed by atoms with Crippen molar-refractivity contribution < 1.29 is 43.3 Å². The standard InChI is InChI=1S/C40H56O9/c1-24-14-16-31-26(3)38(20-10-9-13-27-11-7-6-8-12-27,45-35-39(31)29(24)18-22-37(5,44-35)47-48-39)23-28-32-17-15-25(2)30-19-21-36(4)43-34(42-33(28)41)40(30,32)49-46-36/h6-8,11-12,24-26,28-32,34-35H,9-10,13-23H2,1-5H3/t24-,25-,26-,28+,29+,30+,31+,32+,34+,35-,36-,37-,38+,39-,40-/m1/s1. The Hall–Kier alpha value is -1.59. The fourth-order valence-electron chi connectivity index (χ4n) is 12.3. The molecule has 11 rings (SSSR count). The molecule has 9 nitrogen and oxygen atoms in total. The van der Waals surface area contributed by atoms with Gasteiger partial charge >= 0.3 is 5.97 Å². The van der Waals surface area contributed by atoms with Crippen molar-refractivity contribution in [3.8, 4) is 0 Å². The number of ether oxygens (including phenoxy) is 4. The first-order valence-corrected chi connectivity index (χ1v) is 19.5. The zero-order chi connectivity index (χ0) is 33.8. The average Bonchev–Trinajstić information content (AvgIpc) is 3.46. The molecule has 1 aromatic carbocycles. The highest BCUT2D eigenvalue weighted by molar-refractivity contribution is 5.74. The van der Waals surface area contributed by atoms with Crippen molar-refractivity contribution in [1.29, 1.82) is 0 Å². The Morgan fingerprint density at radius 2 is 1.29 bits per heavy atom. The van der Waals surface area contributed by atoms with Gasteiger partial charge in [0.1, 0.15) is 0 Å². The Morgan fingerprint density at radius 3 is 1.96 bits per heavy atom.